The molecule has 0 saturated heterocycles. The lowest BCUT2D eigenvalue weighted by atomic mass is 10.2. The third-order valence-corrected chi connectivity index (χ3v) is 3.72. The van der Waals surface area contributed by atoms with Crippen molar-refractivity contribution in [3.05, 3.63) is 76.9 Å². The first-order valence-electron chi connectivity index (χ1n) is 7.59. The molecule has 0 aliphatic carbocycles. The maximum absolute atomic E-state index is 12.3. The van der Waals surface area contributed by atoms with Gasteiger partial charge in [0.25, 0.3) is 5.91 Å². The molecule has 6 heteroatoms. The predicted octanol–water partition coefficient (Wildman–Crippen LogP) is 4.67. The van der Waals surface area contributed by atoms with Gasteiger partial charge in [0.2, 0.25) is 0 Å². The summed E-state index contributed by atoms with van der Waals surface area (Å²) in [5.74, 6) is 1.23. The molecular formula is C19H16ClN3O2. The molecule has 1 amide bonds. The fourth-order valence-electron chi connectivity index (χ4n) is 2.21. The van der Waals surface area contributed by atoms with Crippen molar-refractivity contribution in [1.82, 2.24) is 4.98 Å². The normalized spacial score (nSPS) is 10.3. The van der Waals surface area contributed by atoms with Crippen LogP contribution in [0.1, 0.15) is 16.1 Å². The average Bonchev–Trinajstić information content (AvgIpc) is 2.58. The molecule has 1 aromatic heterocycles. The fourth-order valence-corrected chi connectivity index (χ4v) is 2.34. The number of nitrogen functional groups attached to an aromatic ring is 1. The van der Waals surface area contributed by atoms with E-state index in [1.165, 1.54) is 0 Å². The van der Waals surface area contributed by atoms with E-state index in [9.17, 15) is 4.79 Å². The van der Waals surface area contributed by atoms with Crippen molar-refractivity contribution in [3.63, 3.8) is 0 Å². The van der Waals surface area contributed by atoms with Crippen LogP contribution in [0, 0.1) is 6.92 Å². The number of hydrogen-bond donors (Lipinski definition) is 2. The lowest BCUT2D eigenvalue weighted by Gasteiger charge is -2.09. The summed E-state index contributed by atoms with van der Waals surface area (Å²) in [6.07, 6.45) is 0. The maximum Gasteiger partial charge on any atom is 0.259 e. The topological polar surface area (TPSA) is 77.2 Å². The molecular weight excluding hydrogens is 338 g/mol. The molecule has 1 heterocycles. The van der Waals surface area contributed by atoms with Crippen LogP contribution in [0.2, 0.25) is 5.02 Å². The van der Waals surface area contributed by atoms with Crippen LogP contribution in [-0.2, 0) is 0 Å². The van der Waals surface area contributed by atoms with Crippen LogP contribution in [0.5, 0.6) is 11.5 Å². The van der Waals surface area contributed by atoms with E-state index in [1.54, 1.807) is 60.7 Å². The summed E-state index contributed by atoms with van der Waals surface area (Å²) in [7, 11) is 0. The number of halogens is 1. The zero-order valence-corrected chi connectivity index (χ0v) is 14.2. The molecule has 0 bridgehead atoms. The first kappa shape index (κ1) is 16.8. The lowest BCUT2D eigenvalue weighted by molar-refractivity contribution is 0.102. The summed E-state index contributed by atoms with van der Waals surface area (Å²) < 4.78 is 5.71. The van der Waals surface area contributed by atoms with Gasteiger partial charge in [0.1, 0.15) is 17.3 Å². The number of nitrogens with one attached hydrogen (secondary N) is 1. The van der Waals surface area contributed by atoms with E-state index in [0.717, 1.165) is 5.69 Å². The van der Waals surface area contributed by atoms with Gasteiger partial charge < -0.3 is 15.8 Å². The van der Waals surface area contributed by atoms with Gasteiger partial charge in [0, 0.05) is 16.4 Å². The van der Waals surface area contributed by atoms with E-state index >= 15 is 0 Å². The Morgan fingerprint density at radius 2 is 1.60 bits per heavy atom. The number of benzene rings is 2. The van der Waals surface area contributed by atoms with E-state index in [0.29, 0.717) is 27.8 Å². The highest BCUT2D eigenvalue weighted by Gasteiger charge is 2.11. The number of carbonyl (C=O) groups is 1. The fraction of sp³-hybridized carbons (Fsp3) is 0.0526. The molecule has 3 aromatic rings. The molecule has 2 aromatic carbocycles. The smallest absolute Gasteiger partial charge is 0.259 e. The molecule has 0 radical (unpaired) electrons. The van der Waals surface area contributed by atoms with Crippen molar-refractivity contribution >= 4 is 29.0 Å². The lowest BCUT2D eigenvalue weighted by Crippen LogP contribution is -2.15. The Bertz CT molecular complexity index is 894. The van der Waals surface area contributed by atoms with Gasteiger partial charge in [-0.1, -0.05) is 11.6 Å². The zero-order valence-electron chi connectivity index (χ0n) is 13.5. The monoisotopic (exact) mass is 353 g/mol. The van der Waals surface area contributed by atoms with E-state index in [-0.39, 0.29) is 11.7 Å². The SMILES string of the molecule is Cc1ccc(C(=O)Nc2ccc(Oc3ccc(Cl)cc3)cc2)c(N)n1. The number of nitrogens with two attached hydrogens (primary N) is 1. The summed E-state index contributed by atoms with van der Waals surface area (Å²) in [5.41, 5.74) is 7.53. The van der Waals surface area contributed by atoms with Gasteiger partial charge in [-0.15, -0.1) is 0 Å². The largest absolute Gasteiger partial charge is 0.457 e. The predicted molar refractivity (Wildman–Crippen MR) is 99.3 cm³/mol. The summed E-state index contributed by atoms with van der Waals surface area (Å²) in [5, 5.41) is 3.43. The maximum atomic E-state index is 12.3. The Labute approximate surface area is 150 Å². The van der Waals surface area contributed by atoms with E-state index < -0.39 is 0 Å². The highest BCUT2D eigenvalue weighted by Crippen LogP contribution is 2.24. The van der Waals surface area contributed by atoms with Crippen molar-refractivity contribution in [3.8, 4) is 11.5 Å². The number of amides is 1. The minimum atomic E-state index is -0.309. The number of nitrogens with zero attached hydrogens (tertiary/aromatic N) is 1. The Morgan fingerprint density at radius 3 is 2.20 bits per heavy atom. The number of pyridine rings is 1. The molecule has 126 valence electrons. The van der Waals surface area contributed by atoms with Crippen LogP contribution in [0.3, 0.4) is 0 Å². The number of ether oxygens (including phenoxy) is 1. The second-order valence-electron chi connectivity index (χ2n) is 5.42. The Morgan fingerprint density at radius 1 is 1.00 bits per heavy atom. The van der Waals surface area contributed by atoms with E-state index in [2.05, 4.69) is 10.3 Å². The van der Waals surface area contributed by atoms with Crippen LogP contribution in [0.4, 0.5) is 11.5 Å². The quantitative estimate of drug-likeness (QED) is 0.714. The summed E-state index contributed by atoms with van der Waals surface area (Å²) in [4.78, 5) is 16.4. The van der Waals surface area contributed by atoms with Crippen LogP contribution in [-0.4, -0.2) is 10.9 Å². The molecule has 0 atom stereocenters. The van der Waals surface area contributed by atoms with Crippen LogP contribution in [0.15, 0.2) is 60.7 Å². The number of aryl methyl sites for hydroxylation is 1. The van der Waals surface area contributed by atoms with Crippen molar-refractivity contribution in [2.24, 2.45) is 0 Å². The summed E-state index contributed by atoms with van der Waals surface area (Å²) in [6, 6.07) is 17.5. The van der Waals surface area contributed by atoms with Crippen molar-refractivity contribution < 1.29 is 9.53 Å². The number of aromatic nitrogens is 1. The van der Waals surface area contributed by atoms with Crippen LogP contribution >= 0.6 is 11.6 Å². The molecule has 3 rings (SSSR count). The number of hydrogen-bond acceptors (Lipinski definition) is 4. The van der Waals surface area contributed by atoms with Gasteiger partial charge in [-0.05, 0) is 67.6 Å². The minimum absolute atomic E-state index is 0.209. The van der Waals surface area contributed by atoms with Gasteiger partial charge in [-0.3, -0.25) is 4.79 Å². The van der Waals surface area contributed by atoms with Crippen molar-refractivity contribution in [1.29, 1.82) is 0 Å². The molecule has 0 fully saturated rings. The van der Waals surface area contributed by atoms with Crippen molar-refractivity contribution in [2.75, 3.05) is 11.1 Å². The second kappa shape index (κ2) is 7.23. The zero-order chi connectivity index (χ0) is 17.8. The summed E-state index contributed by atoms with van der Waals surface area (Å²) in [6.45, 7) is 1.82. The second-order valence-corrected chi connectivity index (χ2v) is 5.86. The molecule has 0 spiro atoms. The van der Waals surface area contributed by atoms with Gasteiger partial charge in [-0.25, -0.2) is 4.98 Å². The highest BCUT2D eigenvalue weighted by atomic mass is 35.5. The molecule has 3 N–H and O–H groups in total. The van der Waals surface area contributed by atoms with Gasteiger partial charge >= 0.3 is 0 Å². The van der Waals surface area contributed by atoms with E-state index in [4.69, 9.17) is 22.1 Å². The first-order chi connectivity index (χ1) is 12.0. The highest BCUT2D eigenvalue weighted by molar-refractivity contribution is 6.30. The third kappa shape index (κ3) is 4.28. The minimum Gasteiger partial charge on any atom is -0.457 e. The average molecular weight is 354 g/mol. The Balaban J connectivity index is 1.67. The Hall–Kier alpha value is -3.05. The molecule has 0 aliphatic rings. The van der Waals surface area contributed by atoms with Gasteiger partial charge in [0.05, 0.1) is 5.56 Å². The molecule has 0 saturated carbocycles. The molecule has 5 nitrogen and oxygen atoms in total. The summed E-state index contributed by atoms with van der Waals surface area (Å²) >= 11 is 5.85. The standard InChI is InChI=1S/C19H16ClN3O2/c1-12-2-11-17(18(21)22-12)19(24)23-14-5-9-16(10-6-14)25-15-7-3-13(20)4-8-15/h2-11H,1H3,(H2,21,22)(H,23,24). The molecule has 25 heavy (non-hydrogen) atoms. The number of anilines is 2. The Kier molecular flexibility index (Phi) is 4.86. The van der Waals surface area contributed by atoms with E-state index in [1.807, 2.05) is 6.92 Å². The number of carbonyl (C=O) groups excluding carboxylic acids is 1. The first-order valence-corrected chi connectivity index (χ1v) is 7.97. The van der Waals surface area contributed by atoms with Gasteiger partial charge in [0.15, 0.2) is 0 Å². The molecule has 0 unspecified atom stereocenters. The van der Waals surface area contributed by atoms with Crippen LogP contribution < -0.4 is 15.8 Å². The van der Waals surface area contributed by atoms with Crippen molar-refractivity contribution in [2.45, 2.75) is 6.92 Å². The van der Waals surface area contributed by atoms with Gasteiger partial charge in [-0.2, -0.15) is 0 Å². The number of rotatable bonds is 4. The van der Waals surface area contributed by atoms with Crippen LogP contribution in [0.25, 0.3) is 0 Å². The third-order valence-electron chi connectivity index (χ3n) is 3.47. The molecule has 0 aliphatic heterocycles.